The Labute approximate surface area is 78.8 Å². The van der Waals surface area contributed by atoms with Gasteiger partial charge in [0.1, 0.15) is 0 Å². The van der Waals surface area contributed by atoms with E-state index in [2.05, 4.69) is 46.8 Å². The molecule has 0 amide bonds. The Bertz CT molecular complexity index is 271. The van der Waals surface area contributed by atoms with Crippen LogP contribution in [-0.2, 0) is 6.42 Å². The van der Waals surface area contributed by atoms with Gasteiger partial charge in [0.15, 0.2) is 0 Å². The molecule has 1 aromatic carbocycles. The molecule has 0 atom stereocenters. The summed E-state index contributed by atoms with van der Waals surface area (Å²) in [6.07, 6.45) is 5.23. The monoisotopic (exact) mass is 174 g/mol. The van der Waals surface area contributed by atoms with Gasteiger partial charge in [-0.05, 0) is 12.0 Å². The minimum Gasteiger partial charge on any atom is -0.326 e. The van der Waals surface area contributed by atoms with Crippen LogP contribution in [0.15, 0.2) is 42.6 Å². The van der Waals surface area contributed by atoms with E-state index in [4.69, 9.17) is 0 Å². The first-order chi connectivity index (χ1) is 6.45. The van der Waals surface area contributed by atoms with E-state index in [0.717, 1.165) is 19.5 Å². The quantitative estimate of drug-likeness (QED) is 0.748. The summed E-state index contributed by atoms with van der Waals surface area (Å²) in [5.74, 6) is 0. The highest BCUT2D eigenvalue weighted by atomic mass is 15.5. The first-order valence-electron chi connectivity index (χ1n) is 4.65. The van der Waals surface area contributed by atoms with Gasteiger partial charge in [-0.2, -0.15) is 0 Å². The van der Waals surface area contributed by atoms with Crippen molar-refractivity contribution < 1.29 is 0 Å². The number of benzene rings is 1. The van der Waals surface area contributed by atoms with Crippen molar-refractivity contribution in [2.24, 2.45) is 0 Å². The summed E-state index contributed by atoms with van der Waals surface area (Å²) < 4.78 is 0. The highest BCUT2D eigenvalue weighted by Crippen LogP contribution is 2.01. The third kappa shape index (κ3) is 2.33. The van der Waals surface area contributed by atoms with Gasteiger partial charge in [-0.1, -0.05) is 36.4 Å². The van der Waals surface area contributed by atoms with Gasteiger partial charge in [-0.25, -0.2) is 5.01 Å². The Hall–Kier alpha value is -1.28. The molecule has 2 heteroatoms. The number of hydrogen-bond acceptors (Lipinski definition) is 2. The lowest BCUT2D eigenvalue weighted by molar-refractivity contribution is 0.270. The Morgan fingerprint density at radius 1 is 1.23 bits per heavy atom. The summed E-state index contributed by atoms with van der Waals surface area (Å²) in [5, 5.41) is 2.20. The zero-order valence-electron chi connectivity index (χ0n) is 7.61. The first-order valence-corrected chi connectivity index (χ1v) is 4.65. The van der Waals surface area contributed by atoms with Gasteiger partial charge in [0, 0.05) is 19.3 Å². The minimum atomic E-state index is 1.02. The van der Waals surface area contributed by atoms with E-state index in [-0.39, 0.29) is 0 Å². The summed E-state index contributed by atoms with van der Waals surface area (Å²) in [6.45, 7) is 2.09. The molecule has 0 bridgehead atoms. The molecule has 0 fully saturated rings. The van der Waals surface area contributed by atoms with E-state index in [1.807, 2.05) is 6.20 Å². The standard InChI is InChI=1S/C11H14N2/c1-2-5-11(6-3-1)7-10-13-9-4-8-12-13/h1-6,8,12H,7,9-10H2. The summed E-state index contributed by atoms with van der Waals surface area (Å²) in [4.78, 5) is 0. The molecule has 2 rings (SSSR count). The zero-order valence-corrected chi connectivity index (χ0v) is 7.61. The molecule has 1 aliphatic heterocycles. The smallest absolute Gasteiger partial charge is 0.0376 e. The summed E-state index contributed by atoms with van der Waals surface area (Å²) in [7, 11) is 0. The van der Waals surface area contributed by atoms with Crippen molar-refractivity contribution in [2.75, 3.05) is 13.1 Å². The molecule has 0 saturated heterocycles. The topological polar surface area (TPSA) is 15.3 Å². The minimum absolute atomic E-state index is 1.02. The van der Waals surface area contributed by atoms with Crippen molar-refractivity contribution in [3.63, 3.8) is 0 Å². The molecule has 0 spiro atoms. The molecule has 2 nitrogen and oxygen atoms in total. The predicted molar refractivity (Wildman–Crippen MR) is 54.0 cm³/mol. The van der Waals surface area contributed by atoms with Crippen LogP contribution in [0.1, 0.15) is 5.56 Å². The highest BCUT2D eigenvalue weighted by Gasteiger charge is 2.04. The van der Waals surface area contributed by atoms with Gasteiger partial charge in [0.05, 0.1) is 0 Å². The largest absolute Gasteiger partial charge is 0.326 e. The average Bonchev–Trinajstić information content (AvgIpc) is 2.69. The maximum atomic E-state index is 3.18. The van der Waals surface area contributed by atoms with Crippen molar-refractivity contribution in [3.8, 4) is 0 Å². The molecule has 1 aromatic rings. The fraction of sp³-hybridized carbons (Fsp3) is 0.273. The fourth-order valence-electron chi connectivity index (χ4n) is 1.46. The number of nitrogens with one attached hydrogen (secondary N) is 1. The molecule has 13 heavy (non-hydrogen) atoms. The second kappa shape index (κ2) is 4.10. The van der Waals surface area contributed by atoms with E-state index in [9.17, 15) is 0 Å². The van der Waals surface area contributed by atoms with Gasteiger partial charge in [0.2, 0.25) is 0 Å². The van der Waals surface area contributed by atoms with Crippen LogP contribution in [-0.4, -0.2) is 18.1 Å². The van der Waals surface area contributed by atoms with E-state index < -0.39 is 0 Å². The summed E-state index contributed by atoms with van der Waals surface area (Å²) in [6, 6.07) is 10.6. The zero-order chi connectivity index (χ0) is 8.93. The molecule has 0 radical (unpaired) electrons. The third-order valence-corrected chi connectivity index (χ3v) is 2.21. The van der Waals surface area contributed by atoms with Crippen molar-refractivity contribution in [3.05, 3.63) is 48.2 Å². The lowest BCUT2D eigenvalue weighted by atomic mass is 10.1. The van der Waals surface area contributed by atoms with Gasteiger partial charge < -0.3 is 5.43 Å². The number of hydrogen-bond donors (Lipinski definition) is 1. The SMILES string of the molecule is C1=CNN(CCc2ccccc2)C1. The number of hydrazine groups is 1. The Balaban J connectivity index is 1.80. The van der Waals surface area contributed by atoms with Crippen LogP contribution in [0.25, 0.3) is 0 Å². The summed E-state index contributed by atoms with van der Waals surface area (Å²) in [5.41, 5.74) is 4.58. The summed E-state index contributed by atoms with van der Waals surface area (Å²) >= 11 is 0. The van der Waals surface area contributed by atoms with E-state index in [1.54, 1.807) is 0 Å². The molecule has 0 aromatic heterocycles. The van der Waals surface area contributed by atoms with Crippen LogP contribution in [0.4, 0.5) is 0 Å². The van der Waals surface area contributed by atoms with E-state index in [0.29, 0.717) is 0 Å². The Morgan fingerprint density at radius 3 is 2.77 bits per heavy atom. The lowest BCUT2D eigenvalue weighted by Gasteiger charge is -2.15. The molecular weight excluding hydrogens is 160 g/mol. The number of rotatable bonds is 3. The Morgan fingerprint density at radius 2 is 2.08 bits per heavy atom. The molecule has 0 aliphatic carbocycles. The predicted octanol–water partition coefficient (Wildman–Crippen LogP) is 1.56. The average molecular weight is 174 g/mol. The van der Waals surface area contributed by atoms with Crippen molar-refractivity contribution in [1.29, 1.82) is 0 Å². The van der Waals surface area contributed by atoms with Crippen molar-refractivity contribution in [2.45, 2.75) is 6.42 Å². The molecule has 1 N–H and O–H groups in total. The molecule has 1 heterocycles. The van der Waals surface area contributed by atoms with Crippen LogP contribution < -0.4 is 5.43 Å². The second-order valence-corrected chi connectivity index (χ2v) is 3.21. The third-order valence-electron chi connectivity index (χ3n) is 2.21. The highest BCUT2D eigenvalue weighted by molar-refractivity contribution is 5.14. The van der Waals surface area contributed by atoms with Crippen LogP contribution in [0.3, 0.4) is 0 Å². The van der Waals surface area contributed by atoms with Gasteiger partial charge in [0.25, 0.3) is 0 Å². The maximum absolute atomic E-state index is 3.18. The van der Waals surface area contributed by atoms with Gasteiger partial charge >= 0.3 is 0 Å². The molecule has 0 unspecified atom stereocenters. The second-order valence-electron chi connectivity index (χ2n) is 3.21. The normalized spacial score (nSPS) is 16.0. The van der Waals surface area contributed by atoms with Gasteiger partial charge in [-0.15, -0.1) is 0 Å². The van der Waals surface area contributed by atoms with E-state index >= 15 is 0 Å². The van der Waals surface area contributed by atoms with E-state index in [1.165, 1.54) is 5.56 Å². The van der Waals surface area contributed by atoms with Crippen LogP contribution in [0, 0.1) is 0 Å². The fourth-order valence-corrected chi connectivity index (χ4v) is 1.46. The van der Waals surface area contributed by atoms with Crippen molar-refractivity contribution in [1.82, 2.24) is 10.4 Å². The number of nitrogens with zero attached hydrogens (tertiary/aromatic N) is 1. The molecule has 0 saturated carbocycles. The van der Waals surface area contributed by atoms with Crippen LogP contribution >= 0.6 is 0 Å². The van der Waals surface area contributed by atoms with Gasteiger partial charge in [-0.3, -0.25) is 0 Å². The molecule has 1 aliphatic rings. The van der Waals surface area contributed by atoms with Crippen LogP contribution in [0.5, 0.6) is 0 Å². The molecular formula is C11H14N2. The maximum Gasteiger partial charge on any atom is 0.0376 e. The lowest BCUT2D eigenvalue weighted by Crippen LogP contribution is -2.31. The Kier molecular flexibility index (Phi) is 2.62. The molecule has 68 valence electrons. The first kappa shape index (κ1) is 8.32. The van der Waals surface area contributed by atoms with Crippen molar-refractivity contribution >= 4 is 0 Å². The van der Waals surface area contributed by atoms with Crippen LogP contribution in [0.2, 0.25) is 0 Å².